The standard InChI is InChI=1S/C11H13BrClNO2/c1-3-9(11(15)16)14-10-5-8(13)6(2)4-7(10)12/h4-5,9,14H,3H2,1-2H3,(H,15,16). The minimum absolute atomic E-state index is 0.507. The molecule has 0 saturated carbocycles. The van der Waals surface area contributed by atoms with E-state index in [0.717, 1.165) is 10.0 Å². The lowest BCUT2D eigenvalue weighted by atomic mass is 10.2. The quantitative estimate of drug-likeness (QED) is 0.892. The van der Waals surface area contributed by atoms with Crippen LogP contribution in [-0.4, -0.2) is 17.1 Å². The maximum Gasteiger partial charge on any atom is 0.326 e. The highest BCUT2D eigenvalue weighted by Gasteiger charge is 2.16. The van der Waals surface area contributed by atoms with Crippen LogP contribution in [0.5, 0.6) is 0 Å². The van der Waals surface area contributed by atoms with Crippen LogP contribution in [0.15, 0.2) is 16.6 Å². The molecule has 0 aliphatic carbocycles. The lowest BCUT2D eigenvalue weighted by Gasteiger charge is -2.16. The van der Waals surface area contributed by atoms with Gasteiger partial charge < -0.3 is 10.4 Å². The van der Waals surface area contributed by atoms with E-state index in [1.165, 1.54) is 0 Å². The van der Waals surface area contributed by atoms with Crippen LogP contribution in [0.25, 0.3) is 0 Å². The maximum absolute atomic E-state index is 10.9. The normalized spacial score (nSPS) is 12.2. The molecule has 0 spiro atoms. The van der Waals surface area contributed by atoms with Gasteiger partial charge >= 0.3 is 5.97 Å². The van der Waals surface area contributed by atoms with Gasteiger partial charge in [0.2, 0.25) is 0 Å². The molecule has 1 atom stereocenters. The lowest BCUT2D eigenvalue weighted by Crippen LogP contribution is -2.28. The Bertz CT molecular complexity index is 409. The van der Waals surface area contributed by atoms with Crippen molar-refractivity contribution >= 4 is 39.2 Å². The molecule has 1 unspecified atom stereocenters. The Morgan fingerprint density at radius 1 is 1.62 bits per heavy atom. The number of carboxylic acids is 1. The first kappa shape index (κ1) is 13.3. The molecule has 88 valence electrons. The second-order valence-corrected chi connectivity index (χ2v) is 4.79. The lowest BCUT2D eigenvalue weighted by molar-refractivity contribution is -0.137. The molecule has 0 heterocycles. The van der Waals surface area contributed by atoms with Crippen molar-refractivity contribution in [2.24, 2.45) is 0 Å². The number of benzene rings is 1. The minimum Gasteiger partial charge on any atom is -0.480 e. The van der Waals surface area contributed by atoms with E-state index in [1.807, 2.05) is 19.9 Å². The van der Waals surface area contributed by atoms with Gasteiger partial charge in [-0.05, 0) is 47.0 Å². The summed E-state index contributed by atoms with van der Waals surface area (Å²) in [6.45, 7) is 3.71. The highest BCUT2D eigenvalue weighted by molar-refractivity contribution is 9.10. The number of carbonyl (C=O) groups is 1. The van der Waals surface area contributed by atoms with Gasteiger partial charge in [-0.25, -0.2) is 4.79 Å². The Labute approximate surface area is 108 Å². The second kappa shape index (κ2) is 5.55. The van der Waals surface area contributed by atoms with Crippen molar-refractivity contribution in [2.75, 3.05) is 5.32 Å². The number of anilines is 1. The number of aliphatic carboxylic acids is 1. The zero-order valence-corrected chi connectivity index (χ0v) is 11.4. The van der Waals surface area contributed by atoms with Crippen LogP contribution in [0.3, 0.4) is 0 Å². The predicted octanol–water partition coefficient (Wildman–Crippen LogP) is 3.69. The molecule has 0 radical (unpaired) electrons. The zero-order valence-electron chi connectivity index (χ0n) is 9.05. The molecule has 0 aliphatic heterocycles. The summed E-state index contributed by atoms with van der Waals surface area (Å²) in [5, 5.41) is 12.5. The number of nitrogens with one attached hydrogen (secondary N) is 1. The van der Waals surface area contributed by atoms with E-state index in [0.29, 0.717) is 17.1 Å². The molecule has 0 aromatic heterocycles. The minimum atomic E-state index is -0.869. The highest BCUT2D eigenvalue weighted by atomic mass is 79.9. The molecule has 0 fully saturated rings. The number of rotatable bonds is 4. The monoisotopic (exact) mass is 305 g/mol. The summed E-state index contributed by atoms with van der Waals surface area (Å²) >= 11 is 9.36. The summed E-state index contributed by atoms with van der Waals surface area (Å²) in [7, 11) is 0. The highest BCUT2D eigenvalue weighted by Crippen LogP contribution is 2.29. The summed E-state index contributed by atoms with van der Waals surface area (Å²) in [6, 6.07) is 2.99. The van der Waals surface area contributed by atoms with Crippen molar-refractivity contribution in [3.05, 3.63) is 27.2 Å². The predicted molar refractivity (Wildman–Crippen MR) is 69.2 cm³/mol. The van der Waals surface area contributed by atoms with Crippen molar-refractivity contribution in [3.63, 3.8) is 0 Å². The molecule has 0 amide bonds. The van der Waals surface area contributed by atoms with Crippen LogP contribution < -0.4 is 5.32 Å². The molecule has 16 heavy (non-hydrogen) atoms. The SMILES string of the molecule is CCC(Nc1cc(Cl)c(C)cc1Br)C(=O)O. The molecular weight excluding hydrogens is 293 g/mol. The maximum atomic E-state index is 10.9. The van der Waals surface area contributed by atoms with E-state index < -0.39 is 12.0 Å². The molecule has 1 aromatic carbocycles. The average Bonchev–Trinajstić information content (AvgIpc) is 2.21. The van der Waals surface area contributed by atoms with Gasteiger partial charge in [0.15, 0.2) is 0 Å². The van der Waals surface area contributed by atoms with Gasteiger partial charge in [0.1, 0.15) is 6.04 Å². The third-order valence-corrected chi connectivity index (χ3v) is 3.35. The van der Waals surface area contributed by atoms with E-state index in [4.69, 9.17) is 16.7 Å². The Morgan fingerprint density at radius 3 is 2.75 bits per heavy atom. The van der Waals surface area contributed by atoms with Gasteiger partial charge in [0.25, 0.3) is 0 Å². The van der Waals surface area contributed by atoms with Crippen molar-refractivity contribution in [3.8, 4) is 0 Å². The molecule has 1 aromatic rings. The first-order valence-electron chi connectivity index (χ1n) is 4.90. The van der Waals surface area contributed by atoms with Gasteiger partial charge in [-0.2, -0.15) is 0 Å². The zero-order chi connectivity index (χ0) is 12.3. The summed E-state index contributed by atoms with van der Waals surface area (Å²) in [6.07, 6.45) is 0.507. The van der Waals surface area contributed by atoms with Crippen LogP contribution in [0, 0.1) is 6.92 Å². The number of aryl methyl sites for hydroxylation is 1. The molecule has 0 bridgehead atoms. The molecule has 3 nitrogen and oxygen atoms in total. The largest absolute Gasteiger partial charge is 0.480 e. The summed E-state index contributed by atoms with van der Waals surface area (Å²) in [5.41, 5.74) is 1.65. The van der Waals surface area contributed by atoms with E-state index in [-0.39, 0.29) is 0 Å². The van der Waals surface area contributed by atoms with Gasteiger partial charge in [-0.15, -0.1) is 0 Å². The Morgan fingerprint density at radius 2 is 2.25 bits per heavy atom. The van der Waals surface area contributed by atoms with E-state index in [9.17, 15) is 4.79 Å². The molecule has 2 N–H and O–H groups in total. The number of hydrogen-bond donors (Lipinski definition) is 2. The third kappa shape index (κ3) is 3.12. The summed E-state index contributed by atoms with van der Waals surface area (Å²) < 4.78 is 0.814. The average molecular weight is 307 g/mol. The smallest absolute Gasteiger partial charge is 0.326 e. The fourth-order valence-electron chi connectivity index (χ4n) is 1.28. The van der Waals surface area contributed by atoms with Gasteiger partial charge in [0, 0.05) is 9.50 Å². The van der Waals surface area contributed by atoms with Crippen LogP contribution in [0.4, 0.5) is 5.69 Å². The summed E-state index contributed by atoms with van der Waals surface area (Å²) in [4.78, 5) is 10.9. The molecule has 5 heteroatoms. The molecule has 0 aliphatic rings. The van der Waals surface area contributed by atoms with Crippen molar-refractivity contribution in [2.45, 2.75) is 26.3 Å². The van der Waals surface area contributed by atoms with Crippen molar-refractivity contribution in [1.82, 2.24) is 0 Å². The first-order valence-corrected chi connectivity index (χ1v) is 6.07. The van der Waals surface area contributed by atoms with E-state index in [2.05, 4.69) is 21.2 Å². The second-order valence-electron chi connectivity index (χ2n) is 3.52. The van der Waals surface area contributed by atoms with Crippen LogP contribution in [0.1, 0.15) is 18.9 Å². The number of hydrogen-bond acceptors (Lipinski definition) is 2. The summed E-state index contributed by atoms with van der Waals surface area (Å²) in [5.74, 6) is -0.869. The van der Waals surface area contributed by atoms with Crippen molar-refractivity contribution in [1.29, 1.82) is 0 Å². The Hall–Kier alpha value is -0.740. The number of carboxylic acid groups (broad SMARTS) is 1. The van der Waals surface area contributed by atoms with Crippen LogP contribution >= 0.6 is 27.5 Å². The first-order chi connectivity index (χ1) is 7.45. The Balaban J connectivity index is 2.96. The topological polar surface area (TPSA) is 49.3 Å². The van der Waals surface area contributed by atoms with Crippen molar-refractivity contribution < 1.29 is 9.90 Å². The van der Waals surface area contributed by atoms with Gasteiger partial charge in [-0.1, -0.05) is 18.5 Å². The number of halogens is 2. The fourth-order valence-corrected chi connectivity index (χ4v) is 2.02. The molecule has 0 saturated heterocycles. The third-order valence-electron chi connectivity index (χ3n) is 2.28. The van der Waals surface area contributed by atoms with E-state index >= 15 is 0 Å². The fraction of sp³-hybridized carbons (Fsp3) is 0.364. The van der Waals surface area contributed by atoms with Gasteiger partial charge in [-0.3, -0.25) is 0 Å². The Kier molecular flexibility index (Phi) is 4.62. The molecule has 1 rings (SSSR count). The van der Waals surface area contributed by atoms with Gasteiger partial charge in [0.05, 0.1) is 5.69 Å². The van der Waals surface area contributed by atoms with E-state index in [1.54, 1.807) is 6.07 Å². The van der Waals surface area contributed by atoms with Crippen LogP contribution in [-0.2, 0) is 4.79 Å². The van der Waals surface area contributed by atoms with Crippen LogP contribution in [0.2, 0.25) is 5.02 Å². The molecular formula is C11H13BrClNO2.